The van der Waals surface area contributed by atoms with Crippen molar-refractivity contribution in [3.05, 3.63) is 23.9 Å². The van der Waals surface area contributed by atoms with Crippen molar-refractivity contribution in [2.45, 2.75) is 51.0 Å². The minimum atomic E-state index is 0.160. The van der Waals surface area contributed by atoms with Gasteiger partial charge >= 0.3 is 0 Å². The van der Waals surface area contributed by atoms with Gasteiger partial charge in [0.05, 0.1) is 0 Å². The van der Waals surface area contributed by atoms with Crippen molar-refractivity contribution in [2.75, 3.05) is 18.4 Å². The largest absolute Gasteiger partial charge is 0.367 e. The molecule has 0 unspecified atom stereocenters. The number of amides is 1. The summed E-state index contributed by atoms with van der Waals surface area (Å²) in [7, 11) is 0. The van der Waals surface area contributed by atoms with Gasteiger partial charge in [0.25, 0.3) is 5.91 Å². The van der Waals surface area contributed by atoms with Crippen molar-refractivity contribution >= 4 is 11.7 Å². The second-order valence-corrected chi connectivity index (χ2v) is 7.11. The van der Waals surface area contributed by atoms with Gasteiger partial charge in [0.2, 0.25) is 0 Å². The molecule has 1 saturated heterocycles. The minimum Gasteiger partial charge on any atom is -0.367 e. The number of aromatic nitrogens is 1. The molecule has 1 amide bonds. The zero-order valence-corrected chi connectivity index (χ0v) is 13.1. The highest BCUT2D eigenvalue weighted by atomic mass is 16.2. The van der Waals surface area contributed by atoms with E-state index in [-0.39, 0.29) is 5.91 Å². The summed E-state index contributed by atoms with van der Waals surface area (Å²) in [6.45, 7) is 1.80. The maximum Gasteiger partial charge on any atom is 0.254 e. The van der Waals surface area contributed by atoms with Crippen molar-refractivity contribution in [2.24, 2.45) is 11.8 Å². The van der Waals surface area contributed by atoms with Crippen LogP contribution in [0.15, 0.2) is 18.3 Å². The highest BCUT2D eigenvalue weighted by Crippen LogP contribution is 2.44. The maximum atomic E-state index is 12.5. The Bertz CT molecular complexity index is 553. The van der Waals surface area contributed by atoms with Crippen LogP contribution in [0.2, 0.25) is 0 Å². The van der Waals surface area contributed by atoms with Gasteiger partial charge in [0.15, 0.2) is 0 Å². The molecule has 0 radical (unpaired) electrons. The van der Waals surface area contributed by atoms with E-state index in [9.17, 15) is 4.79 Å². The lowest BCUT2D eigenvalue weighted by Gasteiger charge is -2.21. The van der Waals surface area contributed by atoms with E-state index >= 15 is 0 Å². The Morgan fingerprint density at radius 1 is 1.14 bits per heavy atom. The van der Waals surface area contributed by atoms with E-state index in [4.69, 9.17) is 0 Å². The molecule has 1 aromatic rings. The third-order valence-corrected chi connectivity index (χ3v) is 5.82. The summed E-state index contributed by atoms with van der Waals surface area (Å²) in [5.41, 5.74) is 0.778. The normalized spacial score (nSPS) is 30.5. The van der Waals surface area contributed by atoms with Crippen LogP contribution in [0.1, 0.15) is 55.3 Å². The fourth-order valence-corrected chi connectivity index (χ4v) is 4.68. The Hall–Kier alpha value is -1.58. The fraction of sp³-hybridized carbons (Fsp3) is 0.667. The standard InChI is InChI=1S/C18H25N3O/c22-18(21-10-1-2-11-21)14-8-9-19-17(12-14)20-16-7-6-13-4-3-5-15(13)16/h8-9,12-13,15-16H,1-7,10-11H2,(H,19,20)/t13-,15-,16-/m1/s1. The van der Waals surface area contributed by atoms with Gasteiger partial charge < -0.3 is 10.2 Å². The van der Waals surface area contributed by atoms with Crippen LogP contribution in [0.5, 0.6) is 0 Å². The van der Waals surface area contributed by atoms with Gasteiger partial charge in [-0.3, -0.25) is 4.79 Å². The molecule has 118 valence electrons. The van der Waals surface area contributed by atoms with Crippen LogP contribution < -0.4 is 5.32 Å². The lowest BCUT2D eigenvalue weighted by atomic mass is 9.97. The average Bonchev–Trinajstić information content (AvgIpc) is 3.26. The summed E-state index contributed by atoms with van der Waals surface area (Å²) in [4.78, 5) is 18.9. The number of likely N-dealkylation sites (tertiary alicyclic amines) is 1. The van der Waals surface area contributed by atoms with E-state index in [1.807, 2.05) is 17.0 Å². The zero-order chi connectivity index (χ0) is 14.9. The molecule has 2 heterocycles. The van der Waals surface area contributed by atoms with Crippen LogP contribution in [-0.4, -0.2) is 34.9 Å². The van der Waals surface area contributed by atoms with Crippen LogP contribution >= 0.6 is 0 Å². The van der Waals surface area contributed by atoms with E-state index in [1.165, 1.54) is 32.1 Å². The number of pyridine rings is 1. The lowest BCUT2D eigenvalue weighted by molar-refractivity contribution is 0.0792. The summed E-state index contributed by atoms with van der Waals surface area (Å²) >= 11 is 0. The van der Waals surface area contributed by atoms with Crippen LogP contribution in [-0.2, 0) is 0 Å². The molecule has 4 rings (SSSR count). The van der Waals surface area contributed by atoms with Crippen LogP contribution in [0.3, 0.4) is 0 Å². The van der Waals surface area contributed by atoms with Crippen molar-refractivity contribution in [1.82, 2.24) is 9.88 Å². The minimum absolute atomic E-state index is 0.160. The summed E-state index contributed by atoms with van der Waals surface area (Å²) in [5, 5.41) is 3.62. The molecule has 0 aromatic carbocycles. The highest BCUT2D eigenvalue weighted by molar-refractivity contribution is 5.95. The molecule has 1 aromatic heterocycles. The Balaban J connectivity index is 1.46. The first-order valence-corrected chi connectivity index (χ1v) is 8.83. The zero-order valence-electron chi connectivity index (χ0n) is 13.1. The second-order valence-electron chi connectivity index (χ2n) is 7.11. The van der Waals surface area contributed by atoms with Crippen LogP contribution in [0.4, 0.5) is 5.82 Å². The molecule has 2 saturated carbocycles. The number of nitrogens with zero attached hydrogens (tertiary/aromatic N) is 2. The molecule has 22 heavy (non-hydrogen) atoms. The number of carbonyl (C=O) groups is 1. The Kier molecular flexibility index (Phi) is 3.77. The number of hydrogen-bond donors (Lipinski definition) is 1. The van der Waals surface area contributed by atoms with E-state index in [1.54, 1.807) is 6.20 Å². The summed E-state index contributed by atoms with van der Waals surface area (Å²) < 4.78 is 0. The Morgan fingerprint density at radius 2 is 2.00 bits per heavy atom. The van der Waals surface area contributed by atoms with Crippen molar-refractivity contribution in [3.8, 4) is 0 Å². The molecule has 1 N–H and O–H groups in total. The van der Waals surface area contributed by atoms with E-state index in [2.05, 4.69) is 10.3 Å². The number of nitrogens with one attached hydrogen (secondary N) is 1. The van der Waals surface area contributed by atoms with Gasteiger partial charge in [0, 0.05) is 30.9 Å². The van der Waals surface area contributed by atoms with E-state index in [0.717, 1.165) is 49.1 Å². The van der Waals surface area contributed by atoms with Crippen molar-refractivity contribution in [3.63, 3.8) is 0 Å². The highest BCUT2D eigenvalue weighted by Gasteiger charge is 2.39. The molecular formula is C18H25N3O. The van der Waals surface area contributed by atoms with Gasteiger partial charge in [-0.05, 0) is 56.1 Å². The molecule has 2 aliphatic carbocycles. The van der Waals surface area contributed by atoms with Crippen LogP contribution in [0, 0.1) is 11.8 Å². The van der Waals surface area contributed by atoms with Gasteiger partial charge in [-0.1, -0.05) is 12.8 Å². The van der Waals surface area contributed by atoms with Crippen molar-refractivity contribution < 1.29 is 4.79 Å². The number of rotatable bonds is 3. The van der Waals surface area contributed by atoms with E-state index in [0.29, 0.717) is 6.04 Å². The predicted octanol–water partition coefficient (Wildman–Crippen LogP) is 3.31. The van der Waals surface area contributed by atoms with Gasteiger partial charge in [-0.25, -0.2) is 4.98 Å². The number of hydrogen-bond acceptors (Lipinski definition) is 3. The van der Waals surface area contributed by atoms with Gasteiger partial charge in [-0.2, -0.15) is 0 Å². The molecule has 3 fully saturated rings. The second kappa shape index (κ2) is 5.90. The number of fused-ring (bicyclic) bond motifs is 1. The fourth-order valence-electron chi connectivity index (χ4n) is 4.68. The van der Waals surface area contributed by atoms with Crippen LogP contribution in [0.25, 0.3) is 0 Å². The lowest BCUT2D eigenvalue weighted by Crippen LogP contribution is -2.28. The molecule has 0 spiro atoms. The summed E-state index contributed by atoms with van der Waals surface area (Å²) in [6, 6.07) is 4.35. The Morgan fingerprint density at radius 3 is 2.86 bits per heavy atom. The molecule has 3 aliphatic rings. The quantitative estimate of drug-likeness (QED) is 0.931. The maximum absolute atomic E-state index is 12.5. The Labute approximate surface area is 132 Å². The van der Waals surface area contributed by atoms with Gasteiger partial charge in [-0.15, -0.1) is 0 Å². The van der Waals surface area contributed by atoms with E-state index < -0.39 is 0 Å². The summed E-state index contributed by atoms with van der Waals surface area (Å²) in [6.07, 6.45) is 10.8. The first-order chi connectivity index (χ1) is 10.8. The number of anilines is 1. The van der Waals surface area contributed by atoms with Crippen molar-refractivity contribution in [1.29, 1.82) is 0 Å². The summed E-state index contributed by atoms with van der Waals surface area (Å²) in [5.74, 6) is 2.78. The molecule has 4 heteroatoms. The third-order valence-electron chi connectivity index (χ3n) is 5.82. The first kappa shape index (κ1) is 14.0. The first-order valence-electron chi connectivity index (χ1n) is 8.83. The molecule has 3 atom stereocenters. The molecular weight excluding hydrogens is 274 g/mol. The number of carbonyl (C=O) groups excluding carboxylic acids is 1. The molecule has 0 bridgehead atoms. The molecule has 4 nitrogen and oxygen atoms in total. The third kappa shape index (κ3) is 2.59. The SMILES string of the molecule is O=C(c1ccnc(N[C@@H]2CC[C@H]3CCC[C@H]32)c1)N1CCCC1. The van der Waals surface area contributed by atoms with Gasteiger partial charge in [0.1, 0.15) is 5.82 Å². The predicted molar refractivity (Wildman–Crippen MR) is 86.9 cm³/mol. The average molecular weight is 299 g/mol. The monoisotopic (exact) mass is 299 g/mol. The smallest absolute Gasteiger partial charge is 0.254 e. The topological polar surface area (TPSA) is 45.2 Å². The molecule has 1 aliphatic heterocycles.